The Kier molecular flexibility index (Phi) is 4.74. The Morgan fingerprint density at radius 2 is 1.92 bits per heavy atom. The van der Waals surface area contributed by atoms with E-state index < -0.39 is 6.04 Å². The third-order valence-electron chi connectivity index (χ3n) is 4.76. The van der Waals surface area contributed by atoms with Crippen molar-refractivity contribution in [1.29, 1.82) is 0 Å². The van der Waals surface area contributed by atoms with Crippen LogP contribution in [0.25, 0.3) is 0 Å². The number of carbonyl (C=O) groups excluding carboxylic acids is 2. The van der Waals surface area contributed by atoms with E-state index in [0.717, 1.165) is 17.7 Å². The summed E-state index contributed by atoms with van der Waals surface area (Å²) in [7, 11) is 1.70. The van der Waals surface area contributed by atoms with Crippen molar-refractivity contribution in [2.24, 2.45) is 0 Å². The zero-order valence-electron chi connectivity index (χ0n) is 14.6. The van der Waals surface area contributed by atoms with Gasteiger partial charge in [0.05, 0.1) is 0 Å². The molecule has 0 bridgehead atoms. The molecule has 1 aliphatic heterocycles. The van der Waals surface area contributed by atoms with Crippen LogP contribution in [-0.2, 0) is 4.79 Å². The minimum Gasteiger partial charge on any atom is -0.399 e. The van der Waals surface area contributed by atoms with Crippen LogP contribution >= 0.6 is 0 Å². The molecule has 0 radical (unpaired) electrons. The molecule has 2 N–H and O–H groups in total. The van der Waals surface area contributed by atoms with E-state index in [0.29, 0.717) is 24.2 Å². The van der Waals surface area contributed by atoms with E-state index in [4.69, 9.17) is 5.73 Å². The van der Waals surface area contributed by atoms with E-state index in [1.807, 2.05) is 43.3 Å². The van der Waals surface area contributed by atoms with Crippen molar-refractivity contribution in [3.05, 3.63) is 59.7 Å². The highest BCUT2D eigenvalue weighted by molar-refractivity contribution is 6.03. The molecule has 0 spiro atoms. The molecule has 1 aliphatic rings. The molecule has 0 aromatic heterocycles. The number of piperidine rings is 1. The Balaban J connectivity index is 1.84. The Labute approximate surface area is 148 Å². The van der Waals surface area contributed by atoms with Gasteiger partial charge in [-0.05, 0) is 49.6 Å². The molecule has 2 amide bonds. The SMILES string of the molecule is Cc1ccc(N)cc1C(=O)N(C)C1CCCN(c2ccccc2)C1=O. The predicted octanol–water partition coefficient (Wildman–Crippen LogP) is 2.84. The van der Waals surface area contributed by atoms with Crippen LogP contribution in [0.2, 0.25) is 0 Å². The molecule has 5 heteroatoms. The quantitative estimate of drug-likeness (QED) is 0.876. The molecule has 1 saturated heterocycles. The lowest BCUT2D eigenvalue weighted by molar-refractivity contribution is -0.124. The standard InChI is InChI=1S/C20H23N3O2/c1-14-10-11-15(21)13-17(14)19(24)22(2)18-9-6-12-23(20(18)25)16-7-4-3-5-8-16/h3-5,7-8,10-11,13,18H,6,9,12,21H2,1-2H3. The molecule has 0 saturated carbocycles. The van der Waals surface area contributed by atoms with E-state index in [9.17, 15) is 9.59 Å². The molecule has 5 nitrogen and oxygen atoms in total. The van der Waals surface area contributed by atoms with Crippen LogP contribution < -0.4 is 10.6 Å². The van der Waals surface area contributed by atoms with E-state index in [1.165, 1.54) is 0 Å². The fourth-order valence-corrected chi connectivity index (χ4v) is 3.28. The van der Waals surface area contributed by atoms with Gasteiger partial charge in [-0.3, -0.25) is 9.59 Å². The predicted molar refractivity (Wildman–Crippen MR) is 99.5 cm³/mol. The smallest absolute Gasteiger partial charge is 0.254 e. The lowest BCUT2D eigenvalue weighted by Gasteiger charge is -2.37. The van der Waals surface area contributed by atoms with Gasteiger partial charge in [0.25, 0.3) is 5.91 Å². The number of nitrogens with two attached hydrogens (primary N) is 1. The molecule has 1 fully saturated rings. The Morgan fingerprint density at radius 1 is 1.20 bits per heavy atom. The van der Waals surface area contributed by atoms with Gasteiger partial charge in [-0.1, -0.05) is 24.3 Å². The fraction of sp³-hybridized carbons (Fsp3) is 0.300. The van der Waals surface area contributed by atoms with Gasteiger partial charge in [0.15, 0.2) is 0 Å². The van der Waals surface area contributed by atoms with Crippen LogP contribution in [0.1, 0.15) is 28.8 Å². The molecule has 1 unspecified atom stereocenters. The number of rotatable bonds is 3. The van der Waals surface area contributed by atoms with Crippen molar-refractivity contribution in [2.45, 2.75) is 25.8 Å². The van der Waals surface area contributed by atoms with Gasteiger partial charge in [-0.15, -0.1) is 0 Å². The zero-order chi connectivity index (χ0) is 18.0. The first kappa shape index (κ1) is 17.0. The largest absolute Gasteiger partial charge is 0.399 e. The van der Waals surface area contributed by atoms with Gasteiger partial charge in [-0.2, -0.15) is 0 Å². The highest BCUT2D eigenvalue weighted by Crippen LogP contribution is 2.24. The second-order valence-electron chi connectivity index (χ2n) is 6.47. The number of benzene rings is 2. The number of nitrogens with zero attached hydrogens (tertiary/aromatic N) is 2. The van der Waals surface area contributed by atoms with Crippen LogP contribution in [0.4, 0.5) is 11.4 Å². The molecule has 25 heavy (non-hydrogen) atoms. The molecule has 2 aromatic rings. The minimum atomic E-state index is -0.456. The van der Waals surface area contributed by atoms with Gasteiger partial charge < -0.3 is 15.5 Å². The first-order chi connectivity index (χ1) is 12.0. The van der Waals surface area contributed by atoms with Gasteiger partial charge >= 0.3 is 0 Å². The van der Waals surface area contributed by atoms with Crippen LogP contribution in [0.15, 0.2) is 48.5 Å². The fourth-order valence-electron chi connectivity index (χ4n) is 3.28. The second kappa shape index (κ2) is 6.97. The number of nitrogen functional groups attached to an aromatic ring is 1. The van der Waals surface area contributed by atoms with Crippen molar-refractivity contribution >= 4 is 23.2 Å². The number of hydrogen-bond acceptors (Lipinski definition) is 3. The summed E-state index contributed by atoms with van der Waals surface area (Å²) in [6.45, 7) is 2.55. The monoisotopic (exact) mass is 337 g/mol. The van der Waals surface area contributed by atoms with Gasteiger partial charge in [-0.25, -0.2) is 0 Å². The van der Waals surface area contributed by atoms with Crippen molar-refractivity contribution in [2.75, 3.05) is 24.2 Å². The first-order valence-corrected chi connectivity index (χ1v) is 8.49. The lowest BCUT2D eigenvalue weighted by atomic mass is 10.0. The van der Waals surface area contributed by atoms with Crippen molar-refractivity contribution < 1.29 is 9.59 Å². The number of anilines is 2. The molecular weight excluding hydrogens is 314 g/mol. The zero-order valence-corrected chi connectivity index (χ0v) is 14.6. The Morgan fingerprint density at radius 3 is 2.64 bits per heavy atom. The van der Waals surface area contributed by atoms with Crippen molar-refractivity contribution in [3.63, 3.8) is 0 Å². The number of likely N-dealkylation sites (N-methyl/N-ethyl adjacent to an activating group) is 1. The topological polar surface area (TPSA) is 66.6 Å². The van der Waals surface area contributed by atoms with Crippen LogP contribution in [0.3, 0.4) is 0 Å². The van der Waals surface area contributed by atoms with E-state index in [1.54, 1.807) is 29.0 Å². The molecule has 3 rings (SSSR count). The number of amides is 2. The molecule has 1 heterocycles. The van der Waals surface area contributed by atoms with Crippen molar-refractivity contribution in [3.8, 4) is 0 Å². The number of para-hydroxylation sites is 1. The van der Waals surface area contributed by atoms with Gasteiger partial charge in [0.2, 0.25) is 5.91 Å². The summed E-state index contributed by atoms with van der Waals surface area (Å²) < 4.78 is 0. The molecule has 0 aliphatic carbocycles. The third kappa shape index (κ3) is 3.36. The number of hydrogen-bond donors (Lipinski definition) is 1. The van der Waals surface area contributed by atoms with Crippen molar-refractivity contribution in [1.82, 2.24) is 4.90 Å². The maximum atomic E-state index is 13.0. The lowest BCUT2D eigenvalue weighted by Crippen LogP contribution is -2.53. The number of aryl methyl sites for hydroxylation is 1. The molecule has 1 atom stereocenters. The Hall–Kier alpha value is -2.82. The molecular formula is C20H23N3O2. The first-order valence-electron chi connectivity index (χ1n) is 8.49. The van der Waals surface area contributed by atoms with Crippen LogP contribution in [0.5, 0.6) is 0 Å². The highest BCUT2D eigenvalue weighted by Gasteiger charge is 2.35. The van der Waals surface area contributed by atoms with E-state index >= 15 is 0 Å². The van der Waals surface area contributed by atoms with Gasteiger partial charge in [0.1, 0.15) is 6.04 Å². The summed E-state index contributed by atoms with van der Waals surface area (Å²) in [5.74, 6) is -0.201. The summed E-state index contributed by atoms with van der Waals surface area (Å²) in [6, 6.07) is 14.4. The third-order valence-corrected chi connectivity index (χ3v) is 4.76. The molecule has 2 aromatic carbocycles. The minimum absolute atomic E-state index is 0.0325. The number of carbonyl (C=O) groups is 2. The molecule has 130 valence electrons. The average molecular weight is 337 g/mol. The summed E-state index contributed by atoms with van der Waals surface area (Å²) in [6.07, 6.45) is 1.53. The summed E-state index contributed by atoms with van der Waals surface area (Å²) >= 11 is 0. The normalized spacial score (nSPS) is 17.4. The van der Waals surface area contributed by atoms with E-state index in [-0.39, 0.29) is 11.8 Å². The summed E-state index contributed by atoms with van der Waals surface area (Å²) in [4.78, 5) is 29.2. The van der Waals surface area contributed by atoms with Crippen LogP contribution in [0, 0.1) is 6.92 Å². The van der Waals surface area contributed by atoms with Crippen LogP contribution in [-0.4, -0.2) is 36.3 Å². The highest BCUT2D eigenvalue weighted by atomic mass is 16.2. The van der Waals surface area contributed by atoms with Gasteiger partial charge in [0, 0.05) is 30.5 Å². The summed E-state index contributed by atoms with van der Waals surface area (Å²) in [5.41, 5.74) is 8.65. The second-order valence-corrected chi connectivity index (χ2v) is 6.47. The summed E-state index contributed by atoms with van der Waals surface area (Å²) in [5, 5.41) is 0. The maximum absolute atomic E-state index is 13.0. The average Bonchev–Trinajstić information content (AvgIpc) is 2.63. The Bertz CT molecular complexity index is 789. The van der Waals surface area contributed by atoms with E-state index in [2.05, 4.69) is 0 Å². The maximum Gasteiger partial charge on any atom is 0.254 e.